The van der Waals surface area contributed by atoms with Crippen molar-refractivity contribution in [2.45, 2.75) is 11.2 Å². The summed E-state index contributed by atoms with van der Waals surface area (Å²) in [5.41, 5.74) is 6.44. The lowest BCUT2D eigenvalue weighted by Crippen LogP contribution is -2.81. The van der Waals surface area contributed by atoms with Gasteiger partial charge in [-0.25, -0.2) is 0 Å². The number of hydrogen-bond acceptors (Lipinski definition) is 3. The van der Waals surface area contributed by atoms with Crippen LogP contribution in [0.1, 0.15) is 6.42 Å². The van der Waals surface area contributed by atoms with Crippen molar-refractivity contribution in [3.05, 3.63) is 133 Å². The third-order valence-corrected chi connectivity index (χ3v) is 16.6. The summed E-state index contributed by atoms with van der Waals surface area (Å²) in [6.45, 7) is 0.364. The van der Waals surface area contributed by atoms with Crippen LogP contribution >= 0.6 is 0 Å². The molecule has 5 rings (SSSR count). The smallest absolute Gasteiger partial charge is 0.253 e. The second-order valence-electron chi connectivity index (χ2n) is 9.38. The predicted molar refractivity (Wildman–Crippen MR) is 156 cm³/mol. The van der Waals surface area contributed by atoms with Crippen LogP contribution in [0.5, 0.6) is 0 Å². The van der Waals surface area contributed by atoms with E-state index in [1.165, 1.54) is 32.9 Å². The molecule has 1 heterocycles. The topological polar surface area (TPSA) is 63.4 Å². The van der Waals surface area contributed by atoms with Gasteiger partial charge in [0, 0.05) is 16.9 Å². The monoisotopic (exact) mass is 518 g/mol. The van der Waals surface area contributed by atoms with Gasteiger partial charge in [0.1, 0.15) is 17.6 Å². The highest BCUT2D eigenvalue weighted by molar-refractivity contribution is 7.05. The van der Waals surface area contributed by atoms with Crippen molar-refractivity contribution in [1.82, 2.24) is 4.90 Å². The van der Waals surface area contributed by atoms with Gasteiger partial charge in [-0.3, -0.25) is 14.5 Å². The van der Waals surface area contributed by atoms with Gasteiger partial charge in [0.25, 0.3) is 11.8 Å². The second-order valence-corrected chi connectivity index (χ2v) is 16.4. The molecule has 6 heteroatoms. The molecule has 0 aliphatic carbocycles. The van der Waals surface area contributed by atoms with Gasteiger partial charge in [-0.1, -0.05) is 142 Å². The van der Waals surface area contributed by atoms with E-state index in [4.69, 9.17) is 5.73 Å². The first kappa shape index (κ1) is 24.8. The molecule has 184 valence electrons. The maximum absolute atomic E-state index is 13.7. The number of rotatable bonds is 9. The first-order valence-corrected chi connectivity index (χ1v) is 16.1. The molecule has 0 saturated heterocycles. The van der Waals surface area contributed by atoms with Gasteiger partial charge in [0.15, 0.2) is 0 Å². The van der Waals surface area contributed by atoms with Crippen LogP contribution < -0.4 is 26.5 Å². The fraction of sp³-hybridized carbons (Fsp3) is 0.0968. The van der Waals surface area contributed by atoms with Crippen molar-refractivity contribution in [3.63, 3.8) is 0 Å². The van der Waals surface area contributed by atoms with E-state index in [9.17, 15) is 9.59 Å². The van der Waals surface area contributed by atoms with Crippen LogP contribution in [0.3, 0.4) is 0 Å². The Morgan fingerprint density at radius 3 is 1.11 bits per heavy atom. The molecule has 1 aliphatic rings. The minimum absolute atomic E-state index is 0.243. The SMILES string of the molecule is NCCC(N1C(=O)C=CC1=O)([SiH](c1ccccc1)c1ccccc1)[SiH](c1ccccc1)c1ccccc1. The molecule has 2 N–H and O–H groups in total. The van der Waals surface area contributed by atoms with E-state index in [1.807, 2.05) is 24.3 Å². The molecule has 0 bridgehead atoms. The summed E-state index contributed by atoms with van der Waals surface area (Å²) in [6.07, 6.45) is 3.39. The summed E-state index contributed by atoms with van der Waals surface area (Å²) >= 11 is 0. The number of benzene rings is 4. The Labute approximate surface area is 221 Å². The minimum atomic E-state index is -2.32. The molecular weight excluding hydrogens is 489 g/mol. The Bertz CT molecular complexity index is 1200. The quantitative estimate of drug-likeness (QED) is 0.267. The maximum Gasteiger partial charge on any atom is 0.253 e. The molecule has 2 amide bonds. The van der Waals surface area contributed by atoms with Gasteiger partial charge in [-0.2, -0.15) is 0 Å². The lowest BCUT2D eigenvalue weighted by Gasteiger charge is -2.50. The Hall–Kier alpha value is -3.85. The molecule has 0 fully saturated rings. The summed E-state index contributed by atoms with van der Waals surface area (Å²) < 4.78 is 0. The van der Waals surface area contributed by atoms with E-state index in [1.54, 1.807) is 4.90 Å². The van der Waals surface area contributed by atoms with E-state index in [0.29, 0.717) is 13.0 Å². The molecule has 0 aromatic heterocycles. The number of carbonyl (C=O) groups is 2. The number of hydrogen-bond donors (Lipinski definition) is 1. The van der Waals surface area contributed by atoms with Gasteiger partial charge in [0.05, 0.1) is 0 Å². The highest BCUT2D eigenvalue weighted by Crippen LogP contribution is 2.30. The standard InChI is InChI=1S/C31H30N2O2Si2/c32-24-23-31(33-29(34)21-22-30(33)35,36(25-13-5-1-6-14-25)26-15-7-2-8-16-26)37(27-17-9-3-10-18-27)28-19-11-4-12-20-28/h1-22,36-37H,23-24,32H2. The Balaban J connectivity index is 1.91. The summed E-state index contributed by atoms with van der Waals surface area (Å²) in [5.74, 6) is -0.487. The number of imide groups is 1. The summed E-state index contributed by atoms with van der Waals surface area (Å²) in [7, 11) is -4.64. The number of nitrogens with two attached hydrogens (primary N) is 1. The molecule has 4 aromatic carbocycles. The van der Waals surface area contributed by atoms with Crippen LogP contribution in [-0.2, 0) is 9.59 Å². The largest absolute Gasteiger partial charge is 0.330 e. The fourth-order valence-corrected chi connectivity index (χ4v) is 17.1. The van der Waals surface area contributed by atoms with Crippen molar-refractivity contribution in [2.24, 2.45) is 5.73 Å². The summed E-state index contributed by atoms with van der Waals surface area (Å²) in [4.78, 5) is 28.2. The number of carbonyl (C=O) groups excluding carboxylic acids is 2. The molecule has 1 aliphatic heterocycles. The van der Waals surface area contributed by atoms with Crippen molar-refractivity contribution >= 4 is 50.2 Å². The highest BCUT2D eigenvalue weighted by atomic mass is 28.3. The second kappa shape index (κ2) is 11.0. The molecule has 37 heavy (non-hydrogen) atoms. The van der Waals surface area contributed by atoms with Crippen LogP contribution in [0.2, 0.25) is 0 Å². The maximum atomic E-state index is 13.7. The Kier molecular flexibility index (Phi) is 7.41. The molecular formula is C31H30N2O2Si2. The molecule has 4 nitrogen and oxygen atoms in total. The highest BCUT2D eigenvalue weighted by Gasteiger charge is 2.57. The molecule has 0 unspecified atom stereocenters. The van der Waals surface area contributed by atoms with E-state index in [-0.39, 0.29) is 11.8 Å². The normalized spacial score (nSPS) is 13.6. The van der Waals surface area contributed by atoms with Crippen molar-refractivity contribution in [1.29, 1.82) is 0 Å². The van der Waals surface area contributed by atoms with Gasteiger partial charge < -0.3 is 5.73 Å². The van der Waals surface area contributed by atoms with Crippen LogP contribution in [-0.4, -0.2) is 45.6 Å². The molecule has 0 spiro atoms. The van der Waals surface area contributed by atoms with E-state index in [0.717, 1.165) is 0 Å². The van der Waals surface area contributed by atoms with E-state index >= 15 is 0 Å². The Morgan fingerprint density at radius 1 is 0.541 bits per heavy atom. The minimum Gasteiger partial charge on any atom is -0.330 e. The van der Waals surface area contributed by atoms with Crippen LogP contribution in [0.15, 0.2) is 133 Å². The fourth-order valence-electron chi connectivity index (χ4n) is 5.99. The van der Waals surface area contributed by atoms with Gasteiger partial charge >= 0.3 is 0 Å². The lowest BCUT2D eigenvalue weighted by molar-refractivity contribution is -0.139. The third kappa shape index (κ3) is 4.67. The van der Waals surface area contributed by atoms with Crippen LogP contribution in [0.25, 0.3) is 0 Å². The van der Waals surface area contributed by atoms with Crippen molar-refractivity contribution < 1.29 is 9.59 Å². The van der Waals surface area contributed by atoms with Crippen LogP contribution in [0, 0.1) is 0 Å². The molecule has 0 radical (unpaired) electrons. The summed E-state index contributed by atoms with van der Waals surface area (Å²) in [6, 6.07) is 41.8. The first-order valence-electron chi connectivity index (χ1n) is 12.6. The van der Waals surface area contributed by atoms with Crippen molar-refractivity contribution in [3.8, 4) is 0 Å². The zero-order valence-electron chi connectivity index (χ0n) is 20.6. The first-order chi connectivity index (χ1) is 18.2. The van der Waals surface area contributed by atoms with E-state index in [2.05, 4.69) is 97.1 Å². The Morgan fingerprint density at radius 2 is 0.838 bits per heavy atom. The van der Waals surface area contributed by atoms with Gasteiger partial charge in [-0.05, 0) is 13.0 Å². The van der Waals surface area contributed by atoms with Gasteiger partial charge in [0.2, 0.25) is 0 Å². The molecule has 0 saturated carbocycles. The molecule has 0 atom stereocenters. The predicted octanol–water partition coefficient (Wildman–Crippen LogP) is 1.16. The average Bonchev–Trinajstić information content (AvgIpc) is 3.29. The molecule has 4 aromatic rings. The van der Waals surface area contributed by atoms with Crippen molar-refractivity contribution in [2.75, 3.05) is 6.54 Å². The average molecular weight is 519 g/mol. The van der Waals surface area contributed by atoms with Gasteiger partial charge in [-0.15, -0.1) is 0 Å². The summed E-state index contributed by atoms with van der Waals surface area (Å²) in [5, 5.41) is 4.77. The number of nitrogens with zero attached hydrogens (tertiary/aromatic N) is 1. The lowest BCUT2D eigenvalue weighted by atomic mass is 10.3. The zero-order chi connectivity index (χ0) is 25.7. The zero-order valence-corrected chi connectivity index (χ0v) is 22.9. The third-order valence-electron chi connectivity index (χ3n) is 7.30. The van der Waals surface area contributed by atoms with E-state index < -0.39 is 22.4 Å². The van der Waals surface area contributed by atoms with Crippen LogP contribution in [0.4, 0.5) is 0 Å². The number of amides is 2.